The van der Waals surface area contributed by atoms with E-state index in [9.17, 15) is 9.18 Å². The molecule has 5 nitrogen and oxygen atoms in total. The van der Waals surface area contributed by atoms with E-state index < -0.39 is 6.17 Å². The first kappa shape index (κ1) is 20.0. The number of fused-ring (bicyclic) bond motifs is 1. The Morgan fingerprint density at radius 1 is 1.24 bits per heavy atom. The second kappa shape index (κ2) is 8.63. The smallest absolute Gasteiger partial charge is 0.147 e. The number of pyridine rings is 1. The third kappa shape index (κ3) is 4.85. The van der Waals surface area contributed by atoms with Crippen LogP contribution in [0.25, 0.3) is 21.3 Å². The van der Waals surface area contributed by atoms with Gasteiger partial charge in [0.1, 0.15) is 22.0 Å². The van der Waals surface area contributed by atoms with Gasteiger partial charge in [-0.1, -0.05) is 23.5 Å². The predicted octanol–water partition coefficient (Wildman–Crippen LogP) is 4.24. The van der Waals surface area contributed by atoms with E-state index in [0.29, 0.717) is 13.0 Å². The number of ketones is 1. The Balaban J connectivity index is 1.44. The maximum Gasteiger partial charge on any atom is 0.147 e. The van der Waals surface area contributed by atoms with Crippen LogP contribution in [0.5, 0.6) is 0 Å². The largest absolute Gasteiger partial charge is 0.300 e. The van der Waals surface area contributed by atoms with Crippen molar-refractivity contribution in [3.63, 3.8) is 0 Å². The van der Waals surface area contributed by atoms with Crippen LogP contribution < -0.4 is 0 Å². The molecule has 152 valence electrons. The fraction of sp³-hybridized carbons (Fsp3) is 0.455. The van der Waals surface area contributed by atoms with E-state index in [4.69, 9.17) is 0 Å². The fourth-order valence-electron chi connectivity index (χ4n) is 3.95. The van der Waals surface area contributed by atoms with E-state index in [0.717, 1.165) is 58.0 Å². The van der Waals surface area contributed by atoms with Crippen molar-refractivity contribution in [1.29, 1.82) is 0 Å². The Hall–Kier alpha value is -2.25. The van der Waals surface area contributed by atoms with E-state index in [1.807, 2.05) is 31.3 Å². The number of alkyl halides is 1. The van der Waals surface area contributed by atoms with Gasteiger partial charge in [-0.3, -0.25) is 9.78 Å². The molecule has 29 heavy (non-hydrogen) atoms. The number of halogens is 1. The molecule has 1 aliphatic heterocycles. The molecule has 0 saturated carbocycles. The van der Waals surface area contributed by atoms with Gasteiger partial charge in [-0.2, -0.15) is 0 Å². The number of rotatable bonds is 6. The van der Waals surface area contributed by atoms with Crippen LogP contribution in [0.3, 0.4) is 0 Å². The highest BCUT2D eigenvalue weighted by atomic mass is 32.1. The van der Waals surface area contributed by atoms with Crippen LogP contribution in [-0.2, 0) is 11.2 Å². The van der Waals surface area contributed by atoms with Crippen molar-refractivity contribution in [1.82, 2.24) is 20.1 Å². The van der Waals surface area contributed by atoms with Gasteiger partial charge in [0.25, 0.3) is 0 Å². The average Bonchev–Trinajstić information content (AvgIpc) is 3.14. The third-order valence-corrected chi connectivity index (χ3v) is 6.35. The number of piperidine rings is 1. The SMILES string of the molecule is Cc1nnc(-c2ccc3cnc(CC(=O)C4CCN(CC(C)F)CC4)cc3c2)s1. The van der Waals surface area contributed by atoms with Crippen LogP contribution in [0.2, 0.25) is 0 Å². The zero-order chi connectivity index (χ0) is 20.4. The molecule has 0 amide bonds. The number of nitrogens with zero attached hydrogens (tertiary/aromatic N) is 4. The molecule has 1 fully saturated rings. The minimum atomic E-state index is -0.821. The summed E-state index contributed by atoms with van der Waals surface area (Å²) in [6, 6.07) is 8.15. The zero-order valence-electron chi connectivity index (χ0n) is 16.8. The average molecular weight is 413 g/mol. The van der Waals surface area contributed by atoms with Gasteiger partial charge in [0, 0.05) is 41.7 Å². The normalized spacial score (nSPS) is 16.9. The topological polar surface area (TPSA) is 59.0 Å². The Morgan fingerprint density at radius 2 is 2.03 bits per heavy atom. The molecule has 7 heteroatoms. The Kier molecular flexibility index (Phi) is 5.96. The van der Waals surface area contributed by atoms with Crippen LogP contribution in [-0.4, -0.2) is 51.7 Å². The molecule has 2 aromatic heterocycles. The van der Waals surface area contributed by atoms with Crippen LogP contribution in [0, 0.1) is 12.8 Å². The number of carbonyl (C=O) groups is 1. The molecule has 0 bridgehead atoms. The van der Waals surface area contributed by atoms with Crippen LogP contribution >= 0.6 is 11.3 Å². The van der Waals surface area contributed by atoms with Gasteiger partial charge in [-0.15, -0.1) is 10.2 Å². The summed E-state index contributed by atoms with van der Waals surface area (Å²) < 4.78 is 13.2. The lowest BCUT2D eigenvalue weighted by molar-refractivity contribution is -0.123. The zero-order valence-corrected chi connectivity index (χ0v) is 17.6. The molecule has 3 aromatic rings. The summed E-state index contributed by atoms with van der Waals surface area (Å²) in [6.45, 7) is 5.57. The maximum atomic E-state index is 13.2. The Morgan fingerprint density at radius 3 is 2.72 bits per heavy atom. The minimum absolute atomic E-state index is 0.0503. The summed E-state index contributed by atoms with van der Waals surface area (Å²) in [5.41, 5.74) is 1.83. The van der Waals surface area contributed by atoms with E-state index >= 15 is 0 Å². The molecule has 1 aliphatic rings. The van der Waals surface area contributed by atoms with Crippen molar-refractivity contribution in [2.45, 2.75) is 39.3 Å². The van der Waals surface area contributed by atoms with Gasteiger partial charge < -0.3 is 4.90 Å². The van der Waals surface area contributed by atoms with Crippen LogP contribution in [0.15, 0.2) is 30.5 Å². The summed E-state index contributed by atoms with van der Waals surface area (Å²) in [7, 11) is 0. The molecule has 1 aromatic carbocycles. The standard InChI is InChI=1S/C22H25FN4OS/c1-14(23)13-27-7-5-16(6-8-27)21(28)11-20-10-19-9-17(3-4-18(19)12-24-20)22-26-25-15(2)29-22/h3-4,9-10,12,14,16H,5-8,11,13H2,1-2H3. The number of hydrogen-bond donors (Lipinski definition) is 0. The van der Waals surface area contributed by atoms with Crippen LogP contribution in [0.4, 0.5) is 4.39 Å². The number of carbonyl (C=O) groups excluding carboxylic acids is 1. The highest BCUT2D eigenvalue weighted by Gasteiger charge is 2.25. The number of aromatic nitrogens is 3. The quantitative estimate of drug-likeness (QED) is 0.606. The number of likely N-dealkylation sites (tertiary alicyclic amines) is 1. The minimum Gasteiger partial charge on any atom is -0.300 e. The molecular weight excluding hydrogens is 387 g/mol. The van der Waals surface area contributed by atoms with Gasteiger partial charge in [-0.25, -0.2) is 4.39 Å². The van der Waals surface area contributed by atoms with Crippen molar-refractivity contribution in [2.75, 3.05) is 19.6 Å². The van der Waals surface area contributed by atoms with E-state index in [1.54, 1.807) is 18.3 Å². The highest BCUT2D eigenvalue weighted by Crippen LogP contribution is 2.27. The molecular formula is C22H25FN4OS. The molecule has 1 unspecified atom stereocenters. The highest BCUT2D eigenvalue weighted by molar-refractivity contribution is 7.14. The molecule has 0 spiro atoms. The summed E-state index contributed by atoms with van der Waals surface area (Å²) >= 11 is 1.57. The fourth-order valence-corrected chi connectivity index (χ4v) is 4.63. The monoisotopic (exact) mass is 412 g/mol. The van der Waals surface area contributed by atoms with Gasteiger partial charge in [0.2, 0.25) is 0 Å². The number of benzene rings is 1. The van der Waals surface area contributed by atoms with Crippen molar-refractivity contribution >= 4 is 27.9 Å². The van der Waals surface area contributed by atoms with Gasteiger partial charge in [0.15, 0.2) is 0 Å². The molecule has 0 N–H and O–H groups in total. The lowest BCUT2D eigenvalue weighted by Gasteiger charge is -2.31. The lowest BCUT2D eigenvalue weighted by atomic mass is 9.90. The predicted molar refractivity (Wildman–Crippen MR) is 114 cm³/mol. The molecule has 0 aliphatic carbocycles. The molecule has 0 radical (unpaired) electrons. The van der Waals surface area contributed by atoms with E-state index in [-0.39, 0.29) is 11.7 Å². The lowest BCUT2D eigenvalue weighted by Crippen LogP contribution is -2.39. The van der Waals surface area contributed by atoms with Crippen molar-refractivity contribution in [3.05, 3.63) is 41.2 Å². The first-order valence-electron chi connectivity index (χ1n) is 10.1. The van der Waals surface area contributed by atoms with Crippen molar-refractivity contribution < 1.29 is 9.18 Å². The summed E-state index contributed by atoms with van der Waals surface area (Å²) in [5.74, 6) is 0.287. The van der Waals surface area contributed by atoms with Gasteiger partial charge in [0.05, 0.1) is 0 Å². The number of Topliss-reactive ketones (excluding diaryl/α,β-unsaturated/α-hetero) is 1. The van der Waals surface area contributed by atoms with Crippen LogP contribution in [0.1, 0.15) is 30.5 Å². The molecule has 1 atom stereocenters. The second-order valence-corrected chi connectivity index (χ2v) is 9.04. The van der Waals surface area contributed by atoms with E-state index in [2.05, 4.69) is 26.1 Å². The molecule has 3 heterocycles. The maximum absolute atomic E-state index is 13.2. The van der Waals surface area contributed by atoms with Crippen molar-refractivity contribution in [2.24, 2.45) is 5.92 Å². The van der Waals surface area contributed by atoms with E-state index in [1.165, 1.54) is 0 Å². The van der Waals surface area contributed by atoms with Crippen molar-refractivity contribution in [3.8, 4) is 10.6 Å². The first-order chi connectivity index (χ1) is 14.0. The van der Waals surface area contributed by atoms with Gasteiger partial charge >= 0.3 is 0 Å². The number of hydrogen-bond acceptors (Lipinski definition) is 6. The third-order valence-electron chi connectivity index (χ3n) is 5.46. The first-order valence-corrected chi connectivity index (χ1v) is 10.9. The molecule has 1 saturated heterocycles. The number of aryl methyl sites for hydroxylation is 1. The van der Waals surface area contributed by atoms with Gasteiger partial charge in [-0.05, 0) is 57.3 Å². The summed E-state index contributed by atoms with van der Waals surface area (Å²) in [6.07, 6.45) is 2.97. The second-order valence-electron chi connectivity index (χ2n) is 7.86. The Bertz CT molecular complexity index is 1010. The Labute approximate surface area is 174 Å². The summed E-state index contributed by atoms with van der Waals surface area (Å²) in [5, 5.41) is 12.2. The summed E-state index contributed by atoms with van der Waals surface area (Å²) in [4.78, 5) is 19.4. The molecule has 4 rings (SSSR count).